The van der Waals surface area contributed by atoms with Crippen molar-refractivity contribution in [3.8, 4) is 16.9 Å². The van der Waals surface area contributed by atoms with E-state index in [0.717, 1.165) is 44.6 Å². The summed E-state index contributed by atoms with van der Waals surface area (Å²) in [5, 5.41) is 6.75. The number of aromatic nitrogens is 1. The van der Waals surface area contributed by atoms with Crippen LogP contribution in [0.15, 0.2) is 36.4 Å². The standard InChI is InChI=1S/C24H22N4O3S/c1-24(2)12-17-21(22(30)27-24)32-23(26-17)28-7-8-31-19-6-4-14(10-18(19)28)13-3-5-16-15(9-13)11-20(29)25-16/h3-6,9-10H,7-8,11-12H2,1-2H3,(H,25,29)(H,27,30). The first-order valence-electron chi connectivity index (χ1n) is 10.7. The number of ether oxygens (including phenoxy) is 1. The summed E-state index contributed by atoms with van der Waals surface area (Å²) in [4.78, 5) is 32.0. The molecule has 3 aromatic rings. The van der Waals surface area contributed by atoms with Gasteiger partial charge in [-0.3, -0.25) is 9.59 Å². The Kier molecular flexibility index (Phi) is 4.10. The zero-order valence-corrected chi connectivity index (χ0v) is 18.6. The van der Waals surface area contributed by atoms with Gasteiger partial charge >= 0.3 is 0 Å². The van der Waals surface area contributed by atoms with Crippen LogP contribution in [-0.4, -0.2) is 35.5 Å². The van der Waals surface area contributed by atoms with Crippen molar-refractivity contribution in [3.63, 3.8) is 0 Å². The summed E-state index contributed by atoms with van der Waals surface area (Å²) < 4.78 is 5.91. The molecule has 7 nitrogen and oxygen atoms in total. The van der Waals surface area contributed by atoms with Crippen LogP contribution >= 0.6 is 11.3 Å². The van der Waals surface area contributed by atoms with E-state index in [0.29, 0.717) is 30.9 Å². The van der Waals surface area contributed by atoms with Crippen molar-refractivity contribution < 1.29 is 14.3 Å². The van der Waals surface area contributed by atoms with Crippen molar-refractivity contribution in [1.82, 2.24) is 10.3 Å². The molecule has 32 heavy (non-hydrogen) atoms. The fourth-order valence-electron chi connectivity index (χ4n) is 4.58. The summed E-state index contributed by atoms with van der Waals surface area (Å²) in [5.41, 5.74) is 5.49. The zero-order chi connectivity index (χ0) is 22.0. The average Bonchev–Trinajstić information content (AvgIpc) is 3.34. The zero-order valence-electron chi connectivity index (χ0n) is 17.8. The second kappa shape index (κ2) is 6.80. The number of hydrogen-bond acceptors (Lipinski definition) is 6. The summed E-state index contributed by atoms with van der Waals surface area (Å²) in [6.07, 6.45) is 1.12. The number of carbonyl (C=O) groups excluding carboxylic acids is 2. The van der Waals surface area contributed by atoms with Crippen LogP contribution in [0.2, 0.25) is 0 Å². The van der Waals surface area contributed by atoms with Gasteiger partial charge < -0.3 is 20.3 Å². The molecule has 0 bridgehead atoms. The summed E-state index contributed by atoms with van der Waals surface area (Å²) >= 11 is 1.43. The molecule has 0 atom stereocenters. The summed E-state index contributed by atoms with van der Waals surface area (Å²) in [5.74, 6) is 0.779. The van der Waals surface area contributed by atoms with Crippen LogP contribution in [0.25, 0.3) is 11.1 Å². The topological polar surface area (TPSA) is 83.6 Å². The Bertz CT molecular complexity index is 1300. The fourth-order valence-corrected chi connectivity index (χ4v) is 5.60. The molecular formula is C24H22N4O3S. The van der Waals surface area contributed by atoms with Crippen LogP contribution in [0.5, 0.6) is 5.75 Å². The first-order chi connectivity index (χ1) is 15.4. The first kappa shape index (κ1) is 19.3. The second-order valence-electron chi connectivity index (χ2n) is 9.07. The summed E-state index contributed by atoms with van der Waals surface area (Å²) in [6.45, 7) is 5.25. The van der Waals surface area contributed by atoms with E-state index in [9.17, 15) is 9.59 Å². The van der Waals surface area contributed by atoms with Gasteiger partial charge in [0.25, 0.3) is 5.91 Å². The molecule has 2 aromatic carbocycles. The molecule has 0 radical (unpaired) electrons. The van der Waals surface area contributed by atoms with Gasteiger partial charge in [-0.25, -0.2) is 4.98 Å². The third-order valence-electron chi connectivity index (χ3n) is 6.07. The fraction of sp³-hybridized carbons (Fsp3) is 0.292. The molecule has 1 aromatic heterocycles. The minimum absolute atomic E-state index is 0.0297. The number of thiazole rings is 1. The lowest BCUT2D eigenvalue weighted by atomic mass is 9.94. The third-order valence-corrected chi connectivity index (χ3v) is 7.19. The van der Waals surface area contributed by atoms with Crippen LogP contribution in [0, 0.1) is 0 Å². The SMILES string of the molecule is CC1(C)Cc2nc(N3CCOc4ccc(-c5ccc6c(c5)CC(=O)N6)cc43)sc2C(=O)N1. The highest BCUT2D eigenvalue weighted by Gasteiger charge is 2.35. The van der Waals surface area contributed by atoms with Gasteiger partial charge in [0.05, 0.1) is 24.3 Å². The number of nitrogens with zero attached hydrogens (tertiary/aromatic N) is 2. The van der Waals surface area contributed by atoms with Gasteiger partial charge in [0.1, 0.15) is 17.2 Å². The van der Waals surface area contributed by atoms with Gasteiger partial charge in [-0.05, 0) is 54.8 Å². The van der Waals surface area contributed by atoms with E-state index in [-0.39, 0.29) is 17.4 Å². The Labute approximate surface area is 189 Å². The monoisotopic (exact) mass is 446 g/mol. The highest BCUT2D eigenvalue weighted by atomic mass is 32.1. The lowest BCUT2D eigenvalue weighted by Gasteiger charge is -2.30. The van der Waals surface area contributed by atoms with E-state index >= 15 is 0 Å². The number of hydrogen-bond donors (Lipinski definition) is 2. The maximum absolute atomic E-state index is 12.6. The second-order valence-corrected chi connectivity index (χ2v) is 10.0. The average molecular weight is 447 g/mol. The van der Waals surface area contributed by atoms with Crippen molar-refractivity contribution >= 4 is 39.7 Å². The predicted octanol–water partition coefficient (Wildman–Crippen LogP) is 3.90. The molecule has 8 heteroatoms. The normalized spacial score (nSPS) is 18.2. The molecule has 162 valence electrons. The van der Waals surface area contributed by atoms with E-state index in [1.807, 2.05) is 38.1 Å². The largest absolute Gasteiger partial charge is 0.490 e. The highest BCUT2D eigenvalue weighted by Crippen LogP contribution is 2.42. The smallest absolute Gasteiger partial charge is 0.263 e. The van der Waals surface area contributed by atoms with E-state index in [2.05, 4.69) is 27.7 Å². The van der Waals surface area contributed by atoms with Gasteiger partial charge in [-0.15, -0.1) is 0 Å². The Hall–Kier alpha value is -3.39. The quantitative estimate of drug-likeness (QED) is 0.624. The van der Waals surface area contributed by atoms with Crippen LogP contribution in [0.3, 0.4) is 0 Å². The van der Waals surface area contributed by atoms with Crippen molar-refractivity contribution in [2.45, 2.75) is 32.2 Å². The number of anilines is 3. The van der Waals surface area contributed by atoms with Crippen LogP contribution in [0.1, 0.15) is 34.8 Å². The van der Waals surface area contributed by atoms with Crippen molar-refractivity contribution in [1.29, 1.82) is 0 Å². The molecule has 0 saturated heterocycles. The number of rotatable bonds is 2. The van der Waals surface area contributed by atoms with Crippen LogP contribution < -0.4 is 20.3 Å². The van der Waals surface area contributed by atoms with Crippen molar-refractivity contribution in [2.75, 3.05) is 23.4 Å². The number of carbonyl (C=O) groups is 2. The molecule has 0 aliphatic carbocycles. The van der Waals surface area contributed by atoms with Crippen molar-refractivity contribution in [3.05, 3.63) is 52.5 Å². The molecule has 3 aliphatic heterocycles. The molecule has 6 rings (SSSR count). The number of amides is 2. The Morgan fingerprint density at radius 2 is 1.94 bits per heavy atom. The lowest BCUT2D eigenvalue weighted by Crippen LogP contribution is -2.48. The van der Waals surface area contributed by atoms with Gasteiger partial charge in [-0.1, -0.05) is 23.5 Å². The molecule has 0 fully saturated rings. The minimum Gasteiger partial charge on any atom is -0.490 e. The Morgan fingerprint density at radius 3 is 2.81 bits per heavy atom. The maximum Gasteiger partial charge on any atom is 0.263 e. The first-order valence-corrected chi connectivity index (χ1v) is 11.5. The molecule has 0 saturated carbocycles. The Balaban J connectivity index is 1.39. The number of nitrogens with one attached hydrogen (secondary N) is 2. The van der Waals surface area contributed by atoms with E-state index in [1.165, 1.54) is 11.3 Å². The maximum atomic E-state index is 12.6. The molecular weight excluding hydrogens is 424 g/mol. The lowest BCUT2D eigenvalue weighted by molar-refractivity contribution is -0.115. The van der Waals surface area contributed by atoms with Gasteiger partial charge in [0.2, 0.25) is 5.91 Å². The summed E-state index contributed by atoms with van der Waals surface area (Å²) in [7, 11) is 0. The highest BCUT2D eigenvalue weighted by molar-refractivity contribution is 7.17. The van der Waals surface area contributed by atoms with Crippen molar-refractivity contribution in [2.24, 2.45) is 0 Å². The summed E-state index contributed by atoms with van der Waals surface area (Å²) in [6, 6.07) is 12.2. The van der Waals surface area contributed by atoms with E-state index in [1.54, 1.807) is 0 Å². The van der Waals surface area contributed by atoms with Gasteiger partial charge in [0.15, 0.2) is 5.13 Å². The number of benzene rings is 2. The van der Waals surface area contributed by atoms with Crippen LogP contribution in [0.4, 0.5) is 16.5 Å². The molecule has 0 spiro atoms. The molecule has 4 heterocycles. The van der Waals surface area contributed by atoms with E-state index < -0.39 is 0 Å². The Morgan fingerprint density at radius 1 is 1.12 bits per heavy atom. The molecule has 2 amide bonds. The molecule has 2 N–H and O–H groups in total. The number of fused-ring (bicyclic) bond motifs is 3. The van der Waals surface area contributed by atoms with E-state index in [4.69, 9.17) is 9.72 Å². The predicted molar refractivity (Wildman–Crippen MR) is 124 cm³/mol. The van der Waals surface area contributed by atoms with Crippen LogP contribution in [-0.2, 0) is 17.6 Å². The molecule has 0 unspecified atom stereocenters. The van der Waals surface area contributed by atoms with Gasteiger partial charge in [-0.2, -0.15) is 0 Å². The van der Waals surface area contributed by atoms with Gasteiger partial charge in [0, 0.05) is 17.6 Å². The molecule has 3 aliphatic rings. The minimum atomic E-state index is -0.296. The third kappa shape index (κ3) is 3.14.